The summed E-state index contributed by atoms with van der Waals surface area (Å²) < 4.78 is 11.0. The minimum atomic E-state index is -1.82. The molecule has 33 heavy (non-hydrogen) atoms. The zero-order chi connectivity index (χ0) is 24.1. The lowest BCUT2D eigenvalue weighted by Crippen LogP contribution is -2.25. The molecule has 0 fully saturated rings. The molecule has 0 aliphatic carbocycles. The predicted molar refractivity (Wildman–Crippen MR) is 126 cm³/mol. The van der Waals surface area contributed by atoms with Gasteiger partial charge in [-0.15, -0.1) is 0 Å². The fourth-order valence-electron chi connectivity index (χ4n) is 3.23. The first-order chi connectivity index (χ1) is 15.9. The smallest absolute Gasteiger partial charge is 0.414 e. The molecule has 0 saturated heterocycles. The van der Waals surface area contributed by atoms with Crippen molar-refractivity contribution >= 4 is 11.9 Å². The van der Waals surface area contributed by atoms with Gasteiger partial charge in [0.05, 0.1) is 14.2 Å². The standard InChI is InChI=1S/C24H27NO2.C2H2O4/c1-26-23-13-14-24(27-2)22(17-23)19-25(18-21-11-7-4-8-12-21)16-15-20-9-5-3-6-10-20;3-1(4)2(5)6/h3-14,17H,15-16,18-19H2,1-2H3;(H,3,4)(H,5,6). The zero-order valence-corrected chi connectivity index (χ0v) is 18.8. The highest BCUT2D eigenvalue weighted by Crippen LogP contribution is 2.26. The molecule has 7 heteroatoms. The van der Waals surface area contributed by atoms with Gasteiger partial charge < -0.3 is 19.7 Å². The van der Waals surface area contributed by atoms with Crippen LogP contribution in [-0.2, 0) is 29.1 Å². The van der Waals surface area contributed by atoms with Crippen LogP contribution in [-0.4, -0.2) is 47.8 Å². The number of benzene rings is 3. The van der Waals surface area contributed by atoms with Crippen molar-refractivity contribution < 1.29 is 29.3 Å². The molecule has 0 spiro atoms. The van der Waals surface area contributed by atoms with Gasteiger partial charge in [-0.25, -0.2) is 9.59 Å². The van der Waals surface area contributed by atoms with Crippen molar-refractivity contribution in [1.29, 1.82) is 0 Å². The van der Waals surface area contributed by atoms with Crippen LogP contribution in [0.4, 0.5) is 0 Å². The molecule has 0 saturated carbocycles. The number of carboxylic acids is 2. The van der Waals surface area contributed by atoms with Crippen LogP contribution in [0.25, 0.3) is 0 Å². The maximum atomic E-state index is 9.10. The fraction of sp³-hybridized carbons (Fsp3) is 0.231. The lowest BCUT2D eigenvalue weighted by molar-refractivity contribution is -0.159. The molecule has 0 aromatic heterocycles. The molecular formula is C26H29NO6. The van der Waals surface area contributed by atoms with E-state index in [1.807, 2.05) is 12.1 Å². The van der Waals surface area contributed by atoms with Crippen LogP contribution in [0.3, 0.4) is 0 Å². The summed E-state index contributed by atoms with van der Waals surface area (Å²) in [5, 5.41) is 14.8. The van der Waals surface area contributed by atoms with Gasteiger partial charge in [0.25, 0.3) is 0 Å². The van der Waals surface area contributed by atoms with Gasteiger partial charge in [0.2, 0.25) is 0 Å². The molecule has 0 aliphatic rings. The second-order valence-electron chi connectivity index (χ2n) is 7.22. The molecule has 0 unspecified atom stereocenters. The number of methoxy groups -OCH3 is 2. The number of carboxylic acid groups (broad SMARTS) is 2. The molecule has 0 amide bonds. The Hall–Kier alpha value is -3.84. The summed E-state index contributed by atoms with van der Waals surface area (Å²) in [5.41, 5.74) is 3.81. The fourth-order valence-corrected chi connectivity index (χ4v) is 3.23. The molecule has 7 nitrogen and oxygen atoms in total. The van der Waals surface area contributed by atoms with E-state index in [9.17, 15) is 0 Å². The molecule has 0 heterocycles. The Kier molecular flexibility index (Phi) is 10.4. The summed E-state index contributed by atoms with van der Waals surface area (Å²) >= 11 is 0. The number of ether oxygens (including phenoxy) is 2. The first-order valence-corrected chi connectivity index (χ1v) is 10.4. The number of carbonyl (C=O) groups is 2. The van der Waals surface area contributed by atoms with Crippen molar-refractivity contribution in [3.63, 3.8) is 0 Å². The molecule has 0 radical (unpaired) electrons. The summed E-state index contributed by atoms with van der Waals surface area (Å²) in [6.07, 6.45) is 1.01. The van der Waals surface area contributed by atoms with Crippen molar-refractivity contribution in [3.05, 3.63) is 95.6 Å². The van der Waals surface area contributed by atoms with Crippen LogP contribution in [0, 0.1) is 0 Å². The van der Waals surface area contributed by atoms with E-state index in [1.165, 1.54) is 11.1 Å². The topological polar surface area (TPSA) is 96.3 Å². The largest absolute Gasteiger partial charge is 0.497 e. The Bertz CT molecular complexity index is 996. The molecule has 0 atom stereocenters. The van der Waals surface area contributed by atoms with E-state index in [0.29, 0.717) is 0 Å². The van der Waals surface area contributed by atoms with Crippen LogP contribution >= 0.6 is 0 Å². The highest BCUT2D eigenvalue weighted by molar-refractivity contribution is 6.27. The second-order valence-corrected chi connectivity index (χ2v) is 7.22. The van der Waals surface area contributed by atoms with Gasteiger partial charge in [-0.05, 0) is 35.7 Å². The maximum Gasteiger partial charge on any atom is 0.414 e. The number of rotatable bonds is 9. The lowest BCUT2D eigenvalue weighted by atomic mass is 10.1. The number of hydrogen-bond acceptors (Lipinski definition) is 5. The van der Waals surface area contributed by atoms with Crippen molar-refractivity contribution in [2.24, 2.45) is 0 Å². The summed E-state index contributed by atoms with van der Waals surface area (Å²) in [6, 6.07) is 27.2. The minimum absolute atomic E-state index is 0.808. The molecule has 3 aromatic rings. The SMILES string of the molecule is COc1ccc(OC)c(CN(CCc2ccccc2)Cc2ccccc2)c1.O=C(O)C(=O)O. The Morgan fingerprint density at radius 2 is 1.33 bits per heavy atom. The number of hydrogen-bond donors (Lipinski definition) is 2. The third-order valence-corrected chi connectivity index (χ3v) is 4.87. The van der Waals surface area contributed by atoms with E-state index in [-0.39, 0.29) is 0 Å². The first kappa shape index (κ1) is 25.4. The summed E-state index contributed by atoms with van der Waals surface area (Å²) in [7, 11) is 3.42. The molecule has 174 valence electrons. The van der Waals surface area contributed by atoms with E-state index in [1.54, 1.807) is 14.2 Å². The monoisotopic (exact) mass is 451 g/mol. The quantitative estimate of drug-likeness (QED) is 0.473. The second kappa shape index (κ2) is 13.5. The van der Waals surface area contributed by atoms with Gasteiger partial charge in [-0.2, -0.15) is 0 Å². The zero-order valence-electron chi connectivity index (χ0n) is 18.8. The van der Waals surface area contributed by atoms with Crippen LogP contribution in [0.2, 0.25) is 0 Å². The van der Waals surface area contributed by atoms with Gasteiger partial charge in [0, 0.05) is 25.2 Å². The van der Waals surface area contributed by atoms with E-state index >= 15 is 0 Å². The third-order valence-electron chi connectivity index (χ3n) is 4.87. The van der Waals surface area contributed by atoms with E-state index in [4.69, 9.17) is 29.3 Å². The highest BCUT2D eigenvalue weighted by Gasteiger charge is 2.12. The van der Waals surface area contributed by atoms with Crippen molar-refractivity contribution in [2.45, 2.75) is 19.5 Å². The minimum Gasteiger partial charge on any atom is -0.497 e. The van der Waals surface area contributed by atoms with Crippen LogP contribution < -0.4 is 9.47 Å². The van der Waals surface area contributed by atoms with E-state index < -0.39 is 11.9 Å². The van der Waals surface area contributed by atoms with Crippen LogP contribution in [0.5, 0.6) is 11.5 Å². The molecule has 0 bridgehead atoms. The number of aliphatic carboxylic acids is 2. The molecule has 3 aromatic carbocycles. The van der Waals surface area contributed by atoms with Gasteiger partial charge in [-0.3, -0.25) is 4.90 Å². The van der Waals surface area contributed by atoms with Crippen LogP contribution in [0.15, 0.2) is 78.9 Å². The summed E-state index contributed by atoms with van der Waals surface area (Å²) in [6.45, 7) is 2.68. The Morgan fingerprint density at radius 3 is 1.85 bits per heavy atom. The van der Waals surface area contributed by atoms with Crippen molar-refractivity contribution in [3.8, 4) is 11.5 Å². The van der Waals surface area contributed by atoms with Gasteiger partial charge >= 0.3 is 11.9 Å². The lowest BCUT2D eigenvalue weighted by Gasteiger charge is -2.24. The molecule has 3 rings (SSSR count). The maximum absolute atomic E-state index is 9.10. The summed E-state index contributed by atoms with van der Waals surface area (Å²) in [4.78, 5) is 20.7. The van der Waals surface area contributed by atoms with Crippen LogP contribution in [0.1, 0.15) is 16.7 Å². The average molecular weight is 452 g/mol. The average Bonchev–Trinajstić information content (AvgIpc) is 2.84. The molecule has 0 aliphatic heterocycles. The number of nitrogens with zero attached hydrogens (tertiary/aromatic N) is 1. The third kappa shape index (κ3) is 9.04. The Morgan fingerprint density at radius 1 is 0.758 bits per heavy atom. The summed E-state index contributed by atoms with van der Waals surface area (Å²) in [5.74, 6) is -1.90. The Labute approximate surface area is 193 Å². The van der Waals surface area contributed by atoms with E-state index in [0.717, 1.165) is 43.1 Å². The van der Waals surface area contributed by atoms with Gasteiger partial charge in [0.1, 0.15) is 11.5 Å². The van der Waals surface area contributed by atoms with Crippen molar-refractivity contribution in [1.82, 2.24) is 4.90 Å². The van der Waals surface area contributed by atoms with Gasteiger partial charge in [-0.1, -0.05) is 60.7 Å². The Balaban J connectivity index is 0.000000569. The normalized spacial score (nSPS) is 10.2. The highest BCUT2D eigenvalue weighted by atomic mass is 16.5. The van der Waals surface area contributed by atoms with E-state index in [2.05, 4.69) is 71.6 Å². The van der Waals surface area contributed by atoms with Crippen molar-refractivity contribution in [2.75, 3.05) is 20.8 Å². The predicted octanol–water partition coefficient (Wildman–Crippen LogP) is 4.10. The van der Waals surface area contributed by atoms with Gasteiger partial charge in [0.15, 0.2) is 0 Å². The first-order valence-electron chi connectivity index (χ1n) is 10.4. The molecule has 2 N–H and O–H groups in total. The molecular weight excluding hydrogens is 422 g/mol.